The first-order chi connectivity index (χ1) is 11.0. The van der Waals surface area contributed by atoms with Gasteiger partial charge in [0.05, 0.1) is 0 Å². The van der Waals surface area contributed by atoms with Gasteiger partial charge in [0.15, 0.2) is 6.10 Å². The molecule has 0 radical (unpaired) electrons. The predicted octanol–water partition coefficient (Wildman–Crippen LogP) is 3.98. The summed E-state index contributed by atoms with van der Waals surface area (Å²) in [5, 5.41) is 2.92. The zero-order valence-corrected chi connectivity index (χ0v) is 14.7. The molecule has 4 heteroatoms. The van der Waals surface area contributed by atoms with Gasteiger partial charge in [-0.05, 0) is 56.2 Å². The van der Waals surface area contributed by atoms with E-state index in [9.17, 15) is 4.79 Å². The third-order valence-corrected chi connectivity index (χ3v) is 4.30. The fraction of sp³-hybridized carbons (Fsp3) is 0.316. The van der Waals surface area contributed by atoms with Crippen LogP contribution in [0, 0.1) is 13.8 Å². The highest BCUT2D eigenvalue weighted by molar-refractivity contribution is 7.99. The van der Waals surface area contributed by atoms with E-state index in [1.165, 1.54) is 4.90 Å². The summed E-state index contributed by atoms with van der Waals surface area (Å²) in [4.78, 5) is 13.3. The molecule has 0 aromatic heterocycles. The fourth-order valence-electron chi connectivity index (χ4n) is 2.26. The molecule has 2 aromatic rings. The highest BCUT2D eigenvalue weighted by Crippen LogP contribution is 2.18. The topological polar surface area (TPSA) is 38.3 Å². The van der Waals surface area contributed by atoms with E-state index in [1.807, 2.05) is 44.2 Å². The van der Waals surface area contributed by atoms with E-state index in [1.54, 1.807) is 18.7 Å². The number of amides is 1. The van der Waals surface area contributed by atoms with E-state index < -0.39 is 6.10 Å². The molecule has 0 fully saturated rings. The zero-order chi connectivity index (χ0) is 16.7. The largest absolute Gasteiger partial charge is 0.481 e. The Labute approximate surface area is 142 Å². The van der Waals surface area contributed by atoms with Gasteiger partial charge in [0.2, 0.25) is 0 Å². The normalized spacial score (nSPS) is 11.8. The Morgan fingerprint density at radius 2 is 1.78 bits per heavy atom. The van der Waals surface area contributed by atoms with Crippen LogP contribution in [-0.4, -0.2) is 24.3 Å². The molecule has 0 saturated carbocycles. The first-order valence-corrected chi connectivity index (χ1v) is 8.73. The molecule has 122 valence electrons. The molecule has 1 N–H and O–H groups in total. The number of benzene rings is 2. The molecule has 0 aliphatic rings. The van der Waals surface area contributed by atoms with Gasteiger partial charge in [0, 0.05) is 17.2 Å². The lowest BCUT2D eigenvalue weighted by Gasteiger charge is -2.15. The van der Waals surface area contributed by atoms with Crippen LogP contribution in [0.25, 0.3) is 0 Å². The van der Waals surface area contributed by atoms with Crippen LogP contribution in [0.5, 0.6) is 5.75 Å². The lowest BCUT2D eigenvalue weighted by atomic mass is 10.1. The van der Waals surface area contributed by atoms with E-state index in [2.05, 4.69) is 23.5 Å². The number of hydrogen-bond donors (Lipinski definition) is 1. The molecule has 0 spiro atoms. The van der Waals surface area contributed by atoms with Gasteiger partial charge in [-0.25, -0.2) is 0 Å². The highest BCUT2D eigenvalue weighted by Gasteiger charge is 2.14. The van der Waals surface area contributed by atoms with Crippen LogP contribution in [0.4, 0.5) is 0 Å². The van der Waals surface area contributed by atoms with Crippen molar-refractivity contribution in [1.82, 2.24) is 5.32 Å². The lowest BCUT2D eigenvalue weighted by molar-refractivity contribution is -0.127. The Morgan fingerprint density at radius 3 is 2.43 bits per heavy atom. The minimum atomic E-state index is -0.502. The molecule has 2 rings (SSSR count). The number of carbonyl (C=O) groups excluding carboxylic acids is 1. The van der Waals surface area contributed by atoms with Crippen molar-refractivity contribution in [2.45, 2.75) is 31.8 Å². The van der Waals surface area contributed by atoms with E-state index in [-0.39, 0.29) is 5.91 Å². The van der Waals surface area contributed by atoms with E-state index >= 15 is 0 Å². The summed E-state index contributed by atoms with van der Waals surface area (Å²) in [6, 6.07) is 16.1. The number of hydrogen-bond acceptors (Lipinski definition) is 3. The number of nitrogens with one attached hydrogen (secondary N) is 1. The minimum Gasteiger partial charge on any atom is -0.481 e. The number of thioether (sulfide) groups is 1. The minimum absolute atomic E-state index is 0.0854. The SMILES string of the molecule is Cc1cc(C)cc(O[C@@H](C)C(=O)NCCSc2ccccc2)c1. The average Bonchev–Trinajstić information content (AvgIpc) is 2.51. The predicted molar refractivity (Wildman–Crippen MR) is 96.2 cm³/mol. The molecule has 0 unspecified atom stereocenters. The van der Waals surface area contributed by atoms with Gasteiger partial charge in [-0.15, -0.1) is 11.8 Å². The fourth-order valence-corrected chi connectivity index (χ4v) is 3.05. The molecule has 1 atom stereocenters. The first kappa shape index (κ1) is 17.4. The average molecular weight is 329 g/mol. The van der Waals surface area contributed by atoms with Crippen LogP contribution < -0.4 is 10.1 Å². The summed E-state index contributed by atoms with van der Waals surface area (Å²) in [5.74, 6) is 1.49. The maximum atomic E-state index is 12.1. The summed E-state index contributed by atoms with van der Waals surface area (Å²) in [5.41, 5.74) is 2.26. The van der Waals surface area contributed by atoms with Crippen molar-refractivity contribution in [1.29, 1.82) is 0 Å². The van der Waals surface area contributed by atoms with Crippen molar-refractivity contribution in [2.75, 3.05) is 12.3 Å². The van der Waals surface area contributed by atoms with Crippen molar-refractivity contribution >= 4 is 17.7 Å². The number of carbonyl (C=O) groups is 1. The Morgan fingerprint density at radius 1 is 1.13 bits per heavy atom. The monoisotopic (exact) mass is 329 g/mol. The smallest absolute Gasteiger partial charge is 0.260 e. The van der Waals surface area contributed by atoms with E-state index in [4.69, 9.17) is 4.74 Å². The zero-order valence-electron chi connectivity index (χ0n) is 13.8. The first-order valence-electron chi connectivity index (χ1n) is 7.75. The Balaban J connectivity index is 1.74. The summed E-state index contributed by atoms with van der Waals surface area (Å²) < 4.78 is 5.73. The second-order valence-electron chi connectivity index (χ2n) is 5.54. The third-order valence-electron chi connectivity index (χ3n) is 3.29. The standard InChI is InChI=1S/C19H23NO2S/c1-14-11-15(2)13-17(12-14)22-16(3)19(21)20-9-10-23-18-7-5-4-6-8-18/h4-8,11-13,16H,9-10H2,1-3H3,(H,20,21)/t16-/m0/s1. The third kappa shape index (κ3) is 5.99. The van der Waals surface area contributed by atoms with Crippen LogP contribution in [0.3, 0.4) is 0 Å². The van der Waals surface area contributed by atoms with Gasteiger partial charge in [-0.2, -0.15) is 0 Å². The van der Waals surface area contributed by atoms with Gasteiger partial charge in [0.25, 0.3) is 5.91 Å². The Hall–Kier alpha value is -1.94. The molecular weight excluding hydrogens is 306 g/mol. The van der Waals surface area contributed by atoms with Crippen molar-refractivity contribution in [3.8, 4) is 5.75 Å². The number of rotatable bonds is 7. The van der Waals surface area contributed by atoms with Crippen LogP contribution in [-0.2, 0) is 4.79 Å². The van der Waals surface area contributed by atoms with Gasteiger partial charge in [0.1, 0.15) is 5.75 Å². The second-order valence-corrected chi connectivity index (χ2v) is 6.70. The molecular formula is C19H23NO2S. The molecule has 0 bridgehead atoms. The van der Waals surface area contributed by atoms with Crippen molar-refractivity contribution in [3.05, 3.63) is 59.7 Å². The van der Waals surface area contributed by atoms with Crippen LogP contribution in [0.2, 0.25) is 0 Å². The maximum Gasteiger partial charge on any atom is 0.260 e. The molecule has 3 nitrogen and oxygen atoms in total. The molecule has 0 heterocycles. The second kappa shape index (κ2) is 8.63. The molecule has 23 heavy (non-hydrogen) atoms. The summed E-state index contributed by atoms with van der Waals surface area (Å²) in [7, 11) is 0. The van der Waals surface area contributed by atoms with Crippen molar-refractivity contribution < 1.29 is 9.53 Å². The molecule has 0 aliphatic heterocycles. The highest BCUT2D eigenvalue weighted by atomic mass is 32.2. The van der Waals surface area contributed by atoms with Gasteiger partial charge < -0.3 is 10.1 Å². The van der Waals surface area contributed by atoms with Gasteiger partial charge >= 0.3 is 0 Å². The molecule has 2 aromatic carbocycles. The number of aryl methyl sites for hydroxylation is 2. The van der Waals surface area contributed by atoms with E-state index in [0.717, 1.165) is 22.6 Å². The summed E-state index contributed by atoms with van der Waals surface area (Å²) in [6.07, 6.45) is -0.502. The van der Waals surface area contributed by atoms with Gasteiger partial charge in [-0.1, -0.05) is 24.3 Å². The van der Waals surface area contributed by atoms with E-state index in [0.29, 0.717) is 6.54 Å². The summed E-state index contributed by atoms with van der Waals surface area (Å²) >= 11 is 1.73. The van der Waals surface area contributed by atoms with Crippen molar-refractivity contribution in [3.63, 3.8) is 0 Å². The quantitative estimate of drug-likeness (QED) is 0.617. The maximum absolute atomic E-state index is 12.1. The Kier molecular flexibility index (Phi) is 6.53. The lowest BCUT2D eigenvalue weighted by Crippen LogP contribution is -2.37. The molecule has 1 amide bonds. The van der Waals surface area contributed by atoms with Crippen LogP contribution in [0.1, 0.15) is 18.1 Å². The Bertz CT molecular complexity index is 623. The molecule has 0 aliphatic carbocycles. The van der Waals surface area contributed by atoms with Crippen LogP contribution >= 0.6 is 11.8 Å². The van der Waals surface area contributed by atoms with Gasteiger partial charge in [-0.3, -0.25) is 4.79 Å². The summed E-state index contributed by atoms with van der Waals surface area (Å²) in [6.45, 7) is 6.44. The van der Waals surface area contributed by atoms with Crippen LogP contribution in [0.15, 0.2) is 53.4 Å². The molecule has 0 saturated heterocycles. The van der Waals surface area contributed by atoms with Crippen molar-refractivity contribution in [2.24, 2.45) is 0 Å². The number of ether oxygens (including phenoxy) is 1.